The summed E-state index contributed by atoms with van der Waals surface area (Å²) in [6.07, 6.45) is 4.11. The fourth-order valence-corrected chi connectivity index (χ4v) is 1.34. The number of nitrogen functional groups attached to an aromatic ring is 1. The van der Waals surface area contributed by atoms with E-state index in [1.165, 1.54) is 0 Å². The van der Waals surface area contributed by atoms with E-state index in [0.29, 0.717) is 18.8 Å². The van der Waals surface area contributed by atoms with Gasteiger partial charge >= 0.3 is 0 Å². The van der Waals surface area contributed by atoms with Crippen molar-refractivity contribution in [2.24, 2.45) is 0 Å². The minimum atomic E-state index is 0.444. The lowest BCUT2D eigenvalue weighted by atomic mass is 10.5. The third-order valence-electron chi connectivity index (χ3n) is 1.50. The highest BCUT2D eigenvalue weighted by molar-refractivity contribution is 7.98. The van der Waals surface area contributed by atoms with E-state index in [1.54, 1.807) is 22.6 Å². The van der Waals surface area contributed by atoms with Gasteiger partial charge in [0.15, 0.2) is 0 Å². The van der Waals surface area contributed by atoms with Crippen LogP contribution in [0.5, 0.6) is 0 Å². The molecule has 0 aliphatic heterocycles. The highest BCUT2D eigenvalue weighted by Crippen LogP contribution is 2.21. The SMILES string of the molecule is CSc1cnn(CCC#N)c1N. The van der Waals surface area contributed by atoms with E-state index in [4.69, 9.17) is 11.0 Å². The molecule has 5 heteroatoms. The molecule has 4 nitrogen and oxygen atoms in total. The van der Waals surface area contributed by atoms with Gasteiger partial charge in [-0.1, -0.05) is 0 Å². The number of hydrogen-bond acceptors (Lipinski definition) is 4. The molecule has 0 fully saturated rings. The lowest BCUT2D eigenvalue weighted by Crippen LogP contribution is -2.04. The Morgan fingerprint density at radius 2 is 2.58 bits per heavy atom. The van der Waals surface area contributed by atoms with Gasteiger partial charge in [-0.2, -0.15) is 10.4 Å². The summed E-state index contributed by atoms with van der Waals surface area (Å²) in [4.78, 5) is 0.966. The van der Waals surface area contributed by atoms with Crippen LogP contribution >= 0.6 is 11.8 Å². The molecule has 0 atom stereocenters. The zero-order valence-corrected chi connectivity index (χ0v) is 7.64. The van der Waals surface area contributed by atoms with Gasteiger partial charge in [0, 0.05) is 0 Å². The Kier molecular flexibility index (Phi) is 3.00. The lowest BCUT2D eigenvalue weighted by Gasteiger charge is -1.99. The minimum absolute atomic E-state index is 0.444. The van der Waals surface area contributed by atoms with Crippen LogP contribution in [-0.2, 0) is 6.54 Å². The molecule has 2 N–H and O–H groups in total. The van der Waals surface area contributed by atoms with Gasteiger partial charge in [0.05, 0.1) is 30.1 Å². The number of nitrogens with two attached hydrogens (primary N) is 1. The highest BCUT2D eigenvalue weighted by atomic mass is 32.2. The summed E-state index contributed by atoms with van der Waals surface area (Å²) in [5.41, 5.74) is 5.72. The van der Waals surface area contributed by atoms with E-state index in [-0.39, 0.29) is 0 Å². The van der Waals surface area contributed by atoms with E-state index < -0.39 is 0 Å². The zero-order valence-electron chi connectivity index (χ0n) is 6.82. The first kappa shape index (κ1) is 8.94. The van der Waals surface area contributed by atoms with Gasteiger partial charge in [-0.15, -0.1) is 11.8 Å². The van der Waals surface area contributed by atoms with E-state index in [1.807, 2.05) is 12.3 Å². The van der Waals surface area contributed by atoms with Crippen molar-refractivity contribution in [1.82, 2.24) is 9.78 Å². The van der Waals surface area contributed by atoms with Gasteiger partial charge in [-0.25, -0.2) is 4.68 Å². The van der Waals surface area contributed by atoms with E-state index in [0.717, 1.165) is 4.90 Å². The molecular weight excluding hydrogens is 172 g/mol. The Balaban J connectivity index is 2.74. The van der Waals surface area contributed by atoms with Gasteiger partial charge in [0.1, 0.15) is 5.82 Å². The van der Waals surface area contributed by atoms with Crippen LogP contribution in [0.1, 0.15) is 6.42 Å². The van der Waals surface area contributed by atoms with Gasteiger partial charge in [-0.05, 0) is 6.26 Å². The molecule has 0 aliphatic rings. The third kappa shape index (κ3) is 1.71. The molecule has 0 unspecified atom stereocenters. The molecular formula is C7H10N4S. The summed E-state index contributed by atoms with van der Waals surface area (Å²) in [5.74, 6) is 0.651. The molecule has 0 spiro atoms. The Hall–Kier alpha value is -1.15. The summed E-state index contributed by atoms with van der Waals surface area (Å²) >= 11 is 1.56. The van der Waals surface area contributed by atoms with Crippen molar-refractivity contribution in [3.05, 3.63) is 6.20 Å². The van der Waals surface area contributed by atoms with Gasteiger partial charge in [-0.3, -0.25) is 0 Å². The number of anilines is 1. The maximum Gasteiger partial charge on any atom is 0.135 e. The number of aromatic nitrogens is 2. The van der Waals surface area contributed by atoms with Crippen LogP contribution in [0.15, 0.2) is 11.1 Å². The second kappa shape index (κ2) is 4.02. The van der Waals surface area contributed by atoms with Gasteiger partial charge < -0.3 is 5.73 Å². The average molecular weight is 182 g/mol. The quantitative estimate of drug-likeness (QED) is 0.711. The van der Waals surface area contributed by atoms with Crippen LogP contribution in [0.3, 0.4) is 0 Å². The average Bonchev–Trinajstić information content (AvgIpc) is 2.43. The van der Waals surface area contributed by atoms with E-state index in [9.17, 15) is 0 Å². The molecule has 0 aromatic carbocycles. The molecule has 64 valence electrons. The molecule has 0 amide bonds. The fourth-order valence-electron chi connectivity index (χ4n) is 0.869. The first-order valence-electron chi connectivity index (χ1n) is 3.51. The predicted molar refractivity (Wildman–Crippen MR) is 48.7 cm³/mol. The number of nitriles is 1. The predicted octanol–water partition coefficient (Wildman–Crippen LogP) is 1.10. The molecule has 1 aromatic heterocycles. The molecule has 1 rings (SSSR count). The first-order valence-corrected chi connectivity index (χ1v) is 4.74. The smallest absolute Gasteiger partial charge is 0.135 e. The summed E-state index contributed by atoms with van der Waals surface area (Å²) in [6.45, 7) is 0.572. The first-order chi connectivity index (χ1) is 5.79. The monoisotopic (exact) mass is 182 g/mol. The standard InChI is InChI=1S/C7H10N4S/c1-12-6-5-10-11(7(6)9)4-2-3-8/h5H,2,4,9H2,1H3. The van der Waals surface area contributed by atoms with E-state index >= 15 is 0 Å². The van der Waals surface area contributed by atoms with Crippen LogP contribution in [0.25, 0.3) is 0 Å². The third-order valence-corrected chi connectivity index (χ3v) is 2.25. The van der Waals surface area contributed by atoms with Crippen LogP contribution in [0.4, 0.5) is 5.82 Å². The van der Waals surface area contributed by atoms with Crippen molar-refractivity contribution >= 4 is 17.6 Å². The second-order valence-corrected chi connectivity index (χ2v) is 3.08. The molecule has 0 saturated heterocycles. The summed E-state index contributed by atoms with van der Waals surface area (Å²) in [6, 6.07) is 2.05. The highest BCUT2D eigenvalue weighted by Gasteiger charge is 2.04. The Morgan fingerprint density at radius 3 is 3.08 bits per heavy atom. The van der Waals surface area contributed by atoms with E-state index in [2.05, 4.69) is 5.10 Å². The van der Waals surface area contributed by atoms with Crippen molar-refractivity contribution in [3.8, 4) is 6.07 Å². The lowest BCUT2D eigenvalue weighted by molar-refractivity contribution is 0.636. The van der Waals surface area contributed by atoms with Crippen molar-refractivity contribution in [2.45, 2.75) is 17.9 Å². The maximum atomic E-state index is 8.35. The van der Waals surface area contributed by atoms with Gasteiger partial charge in [0.25, 0.3) is 0 Å². The van der Waals surface area contributed by atoms with Crippen molar-refractivity contribution in [3.63, 3.8) is 0 Å². The van der Waals surface area contributed by atoms with Crippen molar-refractivity contribution in [2.75, 3.05) is 12.0 Å². The molecule has 1 aromatic rings. The number of hydrogen-bond donors (Lipinski definition) is 1. The molecule has 0 bridgehead atoms. The van der Waals surface area contributed by atoms with Crippen LogP contribution in [-0.4, -0.2) is 16.0 Å². The Morgan fingerprint density at radius 1 is 1.83 bits per heavy atom. The summed E-state index contributed by atoms with van der Waals surface area (Å²) < 4.78 is 1.65. The number of aryl methyl sites for hydroxylation is 1. The largest absolute Gasteiger partial charge is 0.383 e. The van der Waals surface area contributed by atoms with Crippen molar-refractivity contribution in [1.29, 1.82) is 5.26 Å². The molecule has 0 aliphatic carbocycles. The van der Waals surface area contributed by atoms with Crippen LogP contribution in [0.2, 0.25) is 0 Å². The number of thioether (sulfide) groups is 1. The summed E-state index contributed by atoms with van der Waals surface area (Å²) in [5, 5.41) is 12.4. The summed E-state index contributed by atoms with van der Waals surface area (Å²) in [7, 11) is 0. The minimum Gasteiger partial charge on any atom is -0.383 e. The zero-order chi connectivity index (χ0) is 8.97. The van der Waals surface area contributed by atoms with Gasteiger partial charge in [0.2, 0.25) is 0 Å². The van der Waals surface area contributed by atoms with Crippen LogP contribution < -0.4 is 5.73 Å². The molecule has 1 heterocycles. The fraction of sp³-hybridized carbons (Fsp3) is 0.429. The second-order valence-electron chi connectivity index (χ2n) is 2.23. The van der Waals surface area contributed by atoms with Crippen LogP contribution in [0, 0.1) is 11.3 Å². The normalized spacial score (nSPS) is 9.67. The Bertz CT molecular complexity index is 299. The Labute approximate surface area is 75.4 Å². The number of rotatable bonds is 3. The molecule has 12 heavy (non-hydrogen) atoms. The topological polar surface area (TPSA) is 67.6 Å². The molecule has 0 radical (unpaired) electrons. The maximum absolute atomic E-state index is 8.35. The number of nitrogens with zero attached hydrogens (tertiary/aromatic N) is 3. The molecule has 0 saturated carbocycles. The van der Waals surface area contributed by atoms with Crippen molar-refractivity contribution < 1.29 is 0 Å².